The molecule has 0 radical (unpaired) electrons. The van der Waals surface area contributed by atoms with E-state index in [0.29, 0.717) is 12.0 Å². The van der Waals surface area contributed by atoms with Gasteiger partial charge in [-0.1, -0.05) is 27.2 Å². The fraction of sp³-hybridized carbons (Fsp3) is 0.923. The molecule has 102 valence electrons. The Bertz CT molecular complexity index is 398. The van der Waals surface area contributed by atoms with Gasteiger partial charge in [-0.2, -0.15) is 4.80 Å². The zero-order valence-corrected chi connectivity index (χ0v) is 11.9. The highest BCUT2D eigenvalue weighted by molar-refractivity contribution is 4.95. The van der Waals surface area contributed by atoms with Crippen LogP contribution in [0.1, 0.15) is 45.9 Å². The van der Waals surface area contributed by atoms with E-state index in [-0.39, 0.29) is 5.41 Å². The highest BCUT2D eigenvalue weighted by Crippen LogP contribution is 2.41. The lowest BCUT2D eigenvalue weighted by Gasteiger charge is -2.42. The third-order valence-corrected chi connectivity index (χ3v) is 4.33. The summed E-state index contributed by atoms with van der Waals surface area (Å²) in [6.07, 6.45) is 4.50. The van der Waals surface area contributed by atoms with Crippen LogP contribution in [0.5, 0.6) is 0 Å². The summed E-state index contributed by atoms with van der Waals surface area (Å²) < 4.78 is 0. The standard InChI is InChI=1S/C13H25N5/c1-9-5-6-10(11(14)7-9)13(2,3)8-12-15-17-18(4)16-12/h9-11H,5-8,14H2,1-4H3. The molecule has 5 heteroatoms. The minimum atomic E-state index is 0.141. The maximum Gasteiger partial charge on any atom is 0.175 e. The van der Waals surface area contributed by atoms with Crippen LogP contribution >= 0.6 is 0 Å². The van der Waals surface area contributed by atoms with Crippen LogP contribution in [0.4, 0.5) is 0 Å². The molecule has 0 aromatic carbocycles. The molecule has 1 fully saturated rings. The molecule has 3 unspecified atom stereocenters. The van der Waals surface area contributed by atoms with Gasteiger partial charge in [0.2, 0.25) is 0 Å². The Labute approximate surface area is 109 Å². The first-order valence-corrected chi connectivity index (χ1v) is 6.87. The Morgan fingerprint density at radius 3 is 2.67 bits per heavy atom. The Morgan fingerprint density at radius 1 is 1.39 bits per heavy atom. The summed E-state index contributed by atoms with van der Waals surface area (Å²) >= 11 is 0. The van der Waals surface area contributed by atoms with Gasteiger partial charge in [0.1, 0.15) is 0 Å². The van der Waals surface area contributed by atoms with E-state index in [1.807, 2.05) is 0 Å². The highest BCUT2D eigenvalue weighted by atomic mass is 15.6. The third kappa shape index (κ3) is 2.88. The van der Waals surface area contributed by atoms with Crippen LogP contribution in [0.3, 0.4) is 0 Å². The molecule has 3 atom stereocenters. The second-order valence-electron chi connectivity index (χ2n) is 6.55. The SMILES string of the molecule is CC1CCC(C(C)(C)Cc2nnn(C)n2)C(N)C1. The number of tetrazole rings is 1. The molecule has 0 bridgehead atoms. The normalized spacial score (nSPS) is 29.5. The fourth-order valence-corrected chi connectivity index (χ4v) is 3.33. The molecule has 1 heterocycles. The summed E-state index contributed by atoms with van der Waals surface area (Å²) in [6, 6.07) is 0.306. The summed E-state index contributed by atoms with van der Waals surface area (Å²) in [6.45, 7) is 6.86. The fourth-order valence-electron chi connectivity index (χ4n) is 3.33. The first-order chi connectivity index (χ1) is 8.38. The minimum Gasteiger partial charge on any atom is -0.327 e. The summed E-state index contributed by atoms with van der Waals surface area (Å²) in [7, 11) is 1.80. The molecule has 1 aromatic heterocycles. The third-order valence-electron chi connectivity index (χ3n) is 4.33. The largest absolute Gasteiger partial charge is 0.327 e. The summed E-state index contributed by atoms with van der Waals surface area (Å²) in [4.78, 5) is 1.52. The Kier molecular flexibility index (Phi) is 3.71. The van der Waals surface area contributed by atoms with Crippen LogP contribution < -0.4 is 5.73 Å². The highest BCUT2D eigenvalue weighted by Gasteiger charge is 2.38. The molecular weight excluding hydrogens is 226 g/mol. The molecule has 2 N–H and O–H groups in total. The predicted molar refractivity (Wildman–Crippen MR) is 70.8 cm³/mol. The summed E-state index contributed by atoms with van der Waals surface area (Å²) in [5.41, 5.74) is 6.49. The van der Waals surface area contributed by atoms with Crippen molar-refractivity contribution in [1.29, 1.82) is 0 Å². The van der Waals surface area contributed by atoms with Crippen LogP contribution in [0, 0.1) is 17.3 Å². The van der Waals surface area contributed by atoms with Crippen molar-refractivity contribution in [3.63, 3.8) is 0 Å². The molecule has 1 aromatic rings. The second-order valence-corrected chi connectivity index (χ2v) is 6.55. The van der Waals surface area contributed by atoms with Crippen molar-refractivity contribution < 1.29 is 0 Å². The predicted octanol–water partition coefficient (Wildman–Crippen LogP) is 1.54. The van der Waals surface area contributed by atoms with Crippen LogP contribution in [0.15, 0.2) is 0 Å². The van der Waals surface area contributed by atoms with Gasteiger partial charge in [-0.15, -0.1) is 10.2 Å². The lowest BCUT2D eigenvalue weighted by molar-refractivity contribution is 0.111. The van der Waals surface area contributed by atoms with E-state index in [1.54, 1.807) is 7.05 Å². The Hall–Kier alpha value is -0.970. The molecule has 0 amide bonds. The van der Waals surface area contributed by atoms with Crippen molar-refractivity contribution in [1.82, 2.24) is 20.2 Å². The molecule has 18 heavy (non-hydrogen) atoms. The van der Waals surface area contributed by atoms with Crippen LogP contribution in [-0.2, 0) is 13.5 Å². The van der Waals surface area contributed by atoms with Gasteiger partial charge < -0.3 is 5.73 Å². The molecule has 0 saturated heterocycles. The Morgan fingerprint density at radius 2 is 2.11 bits per heavy atom. The number of hydrogen-bond donors (Lipinski definition) is 1. The average molecular weight is 251 g/mol. The molecular formula is C13H25N5. The number of nitrogens with two attached hydrogens (primary N) is 1. The van der Waals surface area contributed by atoms with Crippen molar-refractivity contribution >= 4 is 0 Å². The first kappa shape index (κ1) is 13.5. The van der Waals surface area contributed by atoms with Crippen LogP contribution in [0.2, 0.25) is 0 Å². The summed E-state index contributed by atoms with van der Waals surface area (Å²) in [5.74, 6) is 2.15. The van der Waals surface area contributed by atoms with Crippen molar-refractivity contribution in [2.75, 3.05) is 0 Å². The summed E-state index contributed by atoms with van der Waals surface area (Å²) in [5, 5.41) is 12.3. The Balaban J connectivity index is 2.05. The molecule has 1 saturated carbocycles. The lowest BCUT2D eigenvalue weighted by atomic mass is 9.65. The van der Waals surface area contributed by atoms with Crippen molar-refractivity contribution in [2.45, 2.75) is 52.5 Å². The van der Waals surface area contributed by atoms with E-state index < -0.39 is 0 Å². The van der Waals surface area contributed by atoms with Gasteiger partial charge in [0.15, 0.2) is 5.82 Å². The topological polar surface area (TPSA) is 69.6 Å². The van der Waals surface area contributed by atoms with E-state index in [1.165, 1.54) is 17.6 Å². The van der Waals surface area contributed by atoms with E-state index in [0.717, 1.165) is 24.6 Å². The van der Waals surface area contributed by atoms with Crippen LogP contribution in [-0.4, -0.2) is 26.2 Å². The van der Waals surface area contributed by atoms with Gasteiger partial charge in [0.25, 0.3) is 0 Å². The zero-order valence-electron chi connectivity index (χ0n) is 11.9. The number of aromatic nitrogens is 4. The van der Waals surface area contributed by atoms with Gasteiger partial charge in [0, 0.05) is 12.5 Å². The quantitative estimate of drug-likeness (QED) is 0.884. The smallest absolute Gasteiger partial charge is 0.175 e. The maximum atomic E-state index is 6.35. The van der Waals surface area contributed by atoms with E-state index in [9.17, 15) is 0 Å². The number of rotatable bonds is 3. The maximum absolute atomic E-state index is 6.35. The van der Waals surface area contributed by atoms with Gasteiger partial charge in [-0.05, 0) is 35.3 Å². The van der Waals surface area contributed by atoms with Gasteiger partial charge >= 0.3 is 0 Å². The molecule has 0 aliphatic heterocycles. The van der Waals surface area contributed by atoms with Gasteiger partial charge in [0.05, 0.1) is 7.05 Å². The lowest BCUT2D eigenvalue weighted by Crippen LogP contribution is -2.44. The second kappa shape index (κ2) is 4.96. The zero-order chi connectivity index (χ0) is 13.3. The number of hydrogen-bond acceptors (Lipinski definition) is 4. The number of aryl methyl sites for hydroxylation is 1. The van der Waals surface area contributed by atoms with Gasteiger partial charge in [-0.25, -0.2) is 0 Å². The van der Waals surface area contributed by atoms with Crippen molar-refractivity contribution in [3.05, 3.63) is 5.82 Å². The van der Waals surface area contributed by atoms with Crippen LogP contribution in [0.25, 0.3) is 0 Å². The van der Waals surface area contributed by atoms with Crippen molar-refractivity contribution in [3.8, 4) is 0 Å². The molecule has 1 aliphatic rings. The first-order valence-electron chi connectivity index (χ1n) is 6.87. The van der Waals surface area contributed by atoms with E-state index in [2.05, 4.69) is 36.2 Å². The molecule has 0 spiro atoms. The van der Waals surface area contributed by atoms with E-state index >= 15 is 0 Å². The number of nitrogens with zero attached hydrogens (tertiary/aromatic N) is 4. The minimum absolute atomic E-state index is 0.141. The average Bonchev–Trinajstić information content (AvgIpc) is 2.62. The molecule has 2 rings (SSSR count). The monoisotopic (exact) mass is 251 g/mol. The van der Waals surface area contributed by atoms with Crippen molar-refractivity contribution in [2.24, 2.45) is 30.0 Å². The van der Waals surface area contributed by atoms with Gasteiger partial charge in [-0.3, -0.25) is 0 Å². The van der Waals surface area contributed by atoms with E-state index in [4.69, 9.17) is 5.73 Å². The molecule has 5 nitrogen and oxygen atoms in total. The molecule has 1 aliphatic carbocycles.